The molecule has 0 saturated carbocycles. The Balaban J connectivity index is 2.75. The summed E-state index contributed by atoms with van der Waals surface area (Å²) in [5.74, 6) is 0.149. The SMILES string of the molecule is CC(C)Cc1ccc(C(N)=O)cn1. The lowest BCUT2D eigenvalue weighted by Crippen LogP contribution is -2.11. The lowest BCUT2D eigenvalue weighted by molar-refractivity contribution is 0.1000. The quantitative estimate of drug-likeness (QED) is 0.760. The number of carbonyl (C=O) groups is 1. The predicted molar refractivity (Wildman–Crippen MR) is 51.3 cm³/mol. The molecular weight excluding hydrogens is 164 g/mol. The number of aromatic nitrogens is 1. The van der Waals surface area contributed by atoms with E-state index in [-0.39, 0.29) is 0 Å². The van der Waals surface area contributed by atoms with Gasteiger partial charge in [0.25, 0.3) is 0 Å². The second kappa shape index (κ2) is 4.03. The smallest absolute Gasteiger partial charge is 0.250 e. The van der Waals surface area contributed by atoms with Gasteiger partial charge in [0.05, 0.1) is 5.56 Å². The average molecular weight is 178 g/mol. The molecule has 1 heterocycles. The van der Waals surface area contributed by atoms with Crippen molar-refractivity contribution in [2.75, 3.05) is 0 Å². The molecule has 1 rings (SSSR count). The minimum absolute atomic E-state index is 0.427. The minimum atomic E-state index is -0.427. The number of hydrogen-bond acceptors (Lipinski definition) is 2. The van der Waals surface area contributed by atoms with Crippen LogP contribution in [-0.2, 0) is 6.42 Å². The Labute approximate surface area is 78.0 Å². The van der Waals surface area contributed by atoms with Gasteiger partial charge in [0, 0.05) is 11.9 Å². The van der Waals surface area contributed by atoms with Crippen LogP contribution < -0.4 is 5.73 Å². The molecule has 3 nitrogen and oxygen atoms in total. The Morgan fingerprint density at radius 1 is 1.54 bits per heavy atom. The molecule has 3 heteroatoms. The molecule has 0 bridgehead atoms. The molecule has 70 valence electrons. The lowest BCUT2D eigenvalue weighted by Gasteiger charge is -2.03. The van der Waals surface area contributed by atoms with Crippen LogP contribution >= 0.6 is 0 Å². The molecule has 2 N–H and O–H groups in total. The summed E-state index contributed by atoms with van der Waals surface area (Å²) >= 11 is 0. The Morgan fingerprint density at radius 2 is 2.23 bits per heavy atom. The second-order valence-electron chi connectivity index (χ2n) is 3.50. The molecule has 1 aromatic rings. The fraction of sp³-hybridized carbons (Fsp3) is 0.400. The number of pyridine rings is 1. The Bertz CT molecular complexity index is 290. The summed E-state index contributed by atoms with van der Waals surface area (Å²) in [5, 5.41) is 0. The first kappa shape index (κ1) is 9.71. The van der Waals surface area contributed by atoms with E-state index in [2.05, 4.69) is 18.8 Å². The van der Waals surface area contributed by atoms with Crippen LogP contribution in [0.25, 0.3) is 0 Å². The molecule has 0 unspecified atom stereocenters. The van der Waals surface area contributed by atoms with Gasteiger partial charge in [-0.3, -0.25) is 9.78 Å². The summed E-state index contributed by atoms with van der Waals surface area (Å²) < 4.78 is 0. The molecule has 0 radical (unpaired) electrons. The summed E-state index contributed by atoms with van der Waals surface area (Å²) in [6.45, 7) is 4.26. The molecule has 0 atom stereocenters. The molecule has 0 aliphatic rings. The van der Waals surface area contributed by atoms with Gasteiger partial charge in [-0.05, 0) is 24.5 Å². The normalized spacial score (nSPS) is 10.4. The summed E-state index contributed by atoms with van der Waals surface area (Å²) in [6, 6.07) is 3.56. The summed E-state index contributed by atoms with van der Waals surface area (Å²) in [7, 11) is 0. The number of primary amides is 1. The van der Waals surface area contributed by atoms with Crippen LogP contribution in [0.15, 0.2) is 18.3 Å². The van der Waals surface area contributed by atoms with Crippen molar-refractivity contribution in [3.63, 3.8) is 0 Å². The first-order valence-corrected chi connectivity index (χ1v) is 4.34. The number of nitrogens with two attached hydrogens (primary N) is 1. The van der Waals surface area contributed by atoms with Crippen LogP contribution in [0.5, 0.6) is 0 Å². The van der Waals surface area contributed by atoms with Crippen molar-refractivity contribution < 1.29 is 4.79 Å². The van der Waals surface area contributed by atoms with E-state index >= 15 is 0 Å². The van der Waals surface area contributed by atoms with Crippen molar-refractivity contribution >= 4 is 5.91 Å². The molecule has 1 aromatic heterocycles. The lowest BCUT2D eigenvalue weighted by atomic mass is 10.1. The molecule has 0 aliphatic carbocycles. The van der Waals surface area contributed by atoms with E-state index in [1.807, 2.05) is 6.07 Å². The molecule has 1 amide bonds. The molecule has 0 aliphatic heterocycles. The highest BCUT2D eigenvalue weighted by Crippen LogP contribution is 2.05. The molecule has 0 aromatic carbocycles. The minimum Gasteiger partial charge on any atom is -0.366 e. The molecule has 0 fully saturated rings. The fourth-order valence-electron chi connectivity index (χ4n) is 1.11. The van der Waals surface area contributed by atoms with Crippen LogP contribution in [0.3, 0.4) is 0 Å². The van der Waals surface area contributed by atoms with Gasteiger partial charge in [0.15, 0.2) is 0 Å². The first-order chi connectivity index (χ1) is 6.09. The molecular formula is C10H14N2O. The zero-order valence-electron chi connectivity index (χ0n) is 7.95. The highest BCUT2D eigenvalue weighted by Gasteiger charge is 2.02. The number of hydrogen-bond donors (Lipinski definition) is 1. The van der Waals surface area contributed by atoms with Crippen molar-refractivity contribution in [1.82, 2.24) is 4.98 Å². The Kier molecular flexibility index (Phi) is 3.01. The number of rotatable bonds is 3. The van der Waals surface area contributed by atoms with Crippen molar-refractivity contribution in [2.45, 2.75) is 20.3 Å². The average Bonchev–Trinajstić information content (AvgIpc) is 2.04. The van der Waals surface area contributed by atoms with E-state index < -0.39 is 5.91 Å². The van der Waals surface area contributed by atoms with Crippen molar-refractivity contribution in [3.8, 4) is 0 Å². The van der Waals surface area contributed by atoms with Crippen molar-refractivity contribution in [3.05, 3.63) is 29.6 Å². The number of amides is 1. The Hall–Kier alpha value is -1.38. The maximum absolute atomic E-state index is 10.7. The zero-order valence-corrected chi connectivity index (χ0v) is 7.95. The topological polar surface area (TPSA) is 56.0 Å². The van der Waals surface area contributed by atoms with E-state index in [0.717, 1.165) is 12.1 Å². The maximum Gasteiger partial charge on any atom is 0.250 e. The first-order valence-electron chi connectivity index (χ1n) is 4.34. The highest BCUT2D eigenvalue weighted by molar-refractivity contribution is 5.92. The van der Waals surface area contributed by atoms with Gasteiger partial charge in [-0.1, -0.05) is 13.8 Å². The number of carbonyl (C=O) groups excluding carboxylic acids is 1. The Morgan fingerprint density at radius 3 is 2.62 bits per heavy atom. The zero-order chi connectivity index (χ0) is 9.84. The monoisotopic (exact) mass is 178 g/mol. The predicted octanol–water partition coefficient (Wildman–Crippen LogP) is 1.38. The summed E-state index contributed by atoms with van der Waals surface area (Å²) in [5.41, 5.74) is 6.55. The van der Waals surface area contributed by atoms with Crippen LogP contribution in [0.1, 0.15) is 29.9 Å². The van der Waals surface area contributed by atoms with E-state index in [9.17, 15) is 4.79 Å². The van der Waals surface area contributed by atoms with E-state index in [0.29, 0.717) is 11.5 Å². The fourth-order valence-corrected chi connectivity index (χ4v) is 1.11. The third-order valence-electron chi connectivity index (χ3n) is 1.73. The van der Waals surface area contributed by atoms with Gasteiger partial charge in [-0.15, -0.1) is 0 Å². The number of nitrogens with zero attached hydrogens (tertiary/aromatic N) is 1. The third-order valence-corrected chi connectivity index (χ3v) is 1.73. The second-order valence-corrected chi connectivity index (χ2v) is 3.50. The van der Waals surface area contributed by atoms with Crippen LogP contribution in [0.4, 0.5) is 0 Å². The third kappa shape index (κ3) is 2.86. The van der Waals surface area contributed by atoms with Gasteiger partial charge >= 0.3 is 0 Å². The van der Waals surface area contributed by atoms with Gasteiger partial charge in [0.2, 0.25) is 5.91 Å². The van der Waals surface area contributed by atoms with E-state index in [4.69, 9.17) is 5.73 Å². The van der Waals surface area contributed by atoms with E-state index in [1.165, 1.54) is 6.20 Å². The molecule has 13 heavy (non-hydrogen) atoms. The van der Waals surface area contributed by atoms with Crippen molar-refractivity contribution in [1.29, 1.82) is 0 Å². The van der Waals surface area contributed by atoms with Gasteiger partial charge in [-0.25, -0.2) is 0 Å². The van der Waals surface area contributed by atoms with Gasteiger partial charge in [-0.2, -0.15) is 0 Å². The maximum atomic E-state index is 10.7. The van der Waals surface area contributed by atoms with Crippen molar-refractivity contribution in [2.24, 2.45) is 11.7 Å². The largest absolute Gasteiger partial charge is 0.366 e. The van der Waals surface area contributed by atoms with E-state index in [1.54, 1.807) is 6.07 Å². The molecule has 0 spiro atoms. The van der Waals surface area contributed by atoms with Gasteiger partial charge in [0.1, 0.15) is 0 Å². The van der Waals surface area contributed by atoms with Crippen LogP contribution in [0.2, 0.25) is 0 Å². The van der Waals surface area contributed by atoms with Crippen LogP contribution in [0, 0.1) is 5.92 Å². The van der Waals surface area contributed by atoms with Crippen LogP contribution in [-0.4, -0.2) is 10.9 Å². The highest BCUT2D eigenvalue weighted by atomic mass is 16.1. The standard InChI is InChI=1S/C10H14N2O/c1-7(2)5-9-4-3-8(6-12-9)10(11)13/h3-4,6-7H,5H2,1-2H3,(H2,11,13). The summed E-state index contributed by atoms with van der Waals surface area (Å²) in [4.78, 5) is 14.9. The van der Waals surface area contributed by atoms with Gasteiger partial charge < -0.3 is 5.73 Å². The molecule has 0 saturated heterocycles. The summed E-state index contributed by atoms with van der Waals surface area (Å²) in [6.07, 6.45) is 2.46.